The lowest BCUT2D eigenvalue weighted by Crippen LogP contribution is -2.68. The van der Waals surface area contributed by atoms with E-state index < -0.39 is 5.97 Å². The maximum absolute atomic E-state index is 11.5. The number of carbonyl (C=O) groups is 1. The summed E-state index contributed by atoms with van der Waals surface area (Å²) in [5, 5.41) is 25.4. The molecule has 4 fully saturated rings. The third-order valence-electron chi connectivity index (χ3n) is 15.6. The monoisotopic (exact) mass is 650 g/mol. The number of rotatable bonds is 8. The highest BCUT2D eigenvalue weighted by Gasteiger charge is 2.70. The summed E-state index contributed by atoms with van der Waals surface area (Å²) in [6.45, 7) is 21.7. The predicted molar refractivity (Wildman–Crippen MR) is 195 cm³/mol. The van der Waals surface area contributed by atoms with E-state index >= 15 is 0 Å². The highest BCUT2D eigenvalue weighted by atomic mass is 16.4. The van der Waals surface area contributed by atoms with Gasteiger partial charge in [0.2, 0.25) is 0 Å². The van der Waals surface area contributed by atoms with E-state index in [9.17, 15) is 9.90 Å². The van der Waals surface area contributed by atoms with Gasteiger partial charge in [-0.1, -0.05) is 65.0 Å². The van der Waals surface area contributed by atoms with E-state index in [1.165, 1.54) is 68.1 Å². The molecule has 9 atom stereocenters. The average Bonchev–Trinajstić information content (AvgIpc) is 3.44. The number of anilines is 1. The number of allylic oxidation sites excluding steroid dienone is 3. The lowest BCUT2D eigenvalue weighted by molar-refractivity contribution is -0.219. The molecule has 0 bridgehead atoms. The van der Waals surface area contributed by atoms with Crippen LogP contribution in [-0.4, -0.2) is 39.9 Å². The number of nitrogens with zero attached hydrogens (tertiary/aromatic N) is 2. The Kier molecular flexibility index (Phi) is 8.25. The maximum atomic E-state index is 11.5. The van der Waals surface area contributed by atoms with Gasteiger partial charge in [-0.15, -0.1) is 5.10 Å². The summed E-state index contributed by atoms with van der Waals surface area (Å²) in [7, 11) is 0. The van der Waals surface area contributed by atoms with Gasteiger partial charge in [0.25, 0.3) is 0 Å². The van der Waals surface area contributed by atoms with Crippen LogP contribution in [0.1, 0.15) is 115 Å². The van der Waals surface area contributed by atoms with Crippen LogP contribution in [0.2, 0.25) is 0 Å². The number of benzene rings is 1. The van der Waals surface area contributed by atoms with E-state index in [1.54, 1.807) is 18.3 Å². The van der Waals surface area contributed by atoms with Crippen LogP contribution >= 0.6 is 0 Å². The quantitative estimate of drug-likeness (QED) is 0.195. The first-order valence-corrected chi connectivity index (χ1v) is 18.7. The van der Waals surface area contributed by atoms with Crippen molar-refractivity contribution in [1.82, 2.24) is 15.5 Å². The lowest BCUT2D eigenvalue weighted by atomic mass is 9.33. The Morgan fingerprint density at radius 1 is 0.917 bits per heavy atom. The average molecular weight is 651 g/mol. The topological polar surface area (TPSA) is 87.1 Å². The summed E-state index contributed by atoms with van der Waals surface area (Å²) in [5.41, 5.74) is 5.39. The van der Waals surface area contributed by atoms with Crippen LogP contribution in [0.15, 0.2) is 60.8 Å². The minimum atomic E-state index is -0.861. The summed E-state index contributed by atoms with van der Waals surface area (Å²) >= 11 is 0. The Labute approximate surface area is 288 Å². The lowest BCUT2D eigenvalue weighted by Gasteiger charge is -2.72. The first-order valence-electron chi connectivity index (χ1n) is 18.7. The molecule has 1 heterocycles. The van der Waals surface area contributed by atoms with Crippen LogP contribution in [-0.2, 0) is 0 Å². The van der Waals surface area contributed by atoms with Crippen molar-refractivity contribution in [3.8, 4) is 0 Å². The molecule has 4 saturated carbocycles. The highest BCUT2D eigenvalue weighted by Crippen LogP contribution is 2.76. The standard InChI is InChI=1S/C42H58N4O2/c1-27(2)30-16-21-42(44-26-25-43-35-9-8-24-45-46-35)23-22-40(6)32(36(30)42)14-15-34-39(5)19-17-31(28-10-12-29(13-11-28)37(47)48)38(3,4)33(39)18-20-41(34,40)7/h8-13,17,24,30,32-34,36,44H,1,14-16,18-23,25-26H2,2-7H3,(H,43,46)(H,47,48)/t30-,32+,33-,34+,36+,39-,40+,41+,42-/m0/s1. The second kappa shape index (κ2) is 11.8. The van der Waals surface area contributed by atoms with Gasteiger partial charge in [0.05, 0.1) is 5.56 Å². The first-order chi connectivity index (χ1) is 22.8. The number of hydrogen-bond acceptors (Lipinski definition) is 5. The summed E-state index contributed by atoms with van der Waals surface area (Å²) in [4.78, 5) is 11.5. The van der Waals surface area contributed by atoms with Gasteiger partial charge in [-0.3, -0.25) is 0 Å². The van der Waals surface area contributed by atoms with Crippen molar-refractivity contribution in [3.05, 3.63) is 72.0 Å². The molecule has 1 aromatic heterocycles. The van der Waals surface area contributed by atoms with E-state index in [1.807, 2.05) is 24.3 Å². The summed E-state index contributed by atoms with van der Waals surface area (Å²) in [6, 6.07) is 11.5. The molecule has 0 unspecified atom stereocenters. The largest absolute Gasteiger partial charge is 0.478 e. The van der Waals surface area contributed by atoms with Gasteiger partial charge >= 0.3 is 5.97 Å². The zero-order valence-corrected chi connectivity index (χ0v) is 30.2. The number of carboxylic acids is 1. The van der Waals surface area contributed by atoms with E-state index in [0.29, 0.717) is 46.0 Å². The van der Waals surface area contributed by atoms with Crippen LogP contribution in [0.5, 0.6) is 0 Å². The molecule has 0 aliphatic heterocycles. The number of aromatic carboxylic acids is 1. The second-order valence-electron chi connectivity index (χ2n) is 17.7. The molecule has 3 N–H and O–H groups in total. The molecular weight excluding hydrogens is 592 g/mol. The van der Waals surface area contributed by atoms with Crippen molar-refractivity contribution >= 4 is 17.4 Å². The Balaban J connectivity index is 1.16. The summed E-state index contributed by atoms with van der Waals surface area (Å²) < 4.78 is 0. The molecule has 0 radical (unpaired) electrons. The Hall–Kier alpha value is -2.99. The molecule has 7 rings (SSSR count). The molecule has 48 heavy (non-hydrogen) atoms. The van der Waals surface area contributed by atoms with E-state index in [4.69, 9.17) is 0 Å². The smallest absolute Gasteiger partial charge is 0.335 e. The summed E-state index contributed by atoms with van der Waals surface area (Å²) in [5.74, 6) is 3.20. The zero-order valence-electron chi connectivity index (χ0n) is 30.2. The number of hydrogen-bond donors (Lipinski definition) is 3. The van der Waals surface area contributed by atoms with Crippen LogP contribution in [0.3, 0.4) is 0 Å². The third kappa shape index (κ3) is 4.94. The highest BCUT2D eigenvalue weighted by molar-refractivity contribution is 5.88. The van der Waals surface area contributed by atoms with Crippen LogP contribution in [0, 0.1) is 51.2 Å². The molecule has 5 aliphatic rings. The SMILES string of the molecule is C=C(C)[C@@H]1CC[C@]2(NCCNc3cccnn3)CC[C@]3(C)[C@H](CC[C@@H]4[C@@]5(C)CC=C(c6ccc(C(=O)O)cc6)C(C)(C)[C@@H]5CC[C@]43C)[C@@H]12. The van der Waals surface area contributed by atoms with Gasteiger partial charge in [-0.05, 0) is 151 Å². The molecule has 0 saturated heterocycles. The van der Waals surface area contributed by atoms with E-state index in [0.717, 1.165) is 25.3 Å². The van der Waals surface area contributed by atoms with Crippen molar-refractivity contribution in [2.75, 3.05) is 18.4 Å². The number of nitrogens with one attached hydrogen (secondary N) is 2. The molecule has 0 spiro atoms. The molecule has 0 amide bonds. The fourth-order valence-corrected chi connectivity index (χ4v) is 13.2. The van der Waals surface area contributed by atoms with Gasteiger partial charge in [0, 0.05) is 24.8 Å². The zero-order chi connectivity index (χ0) is 34.1. The van der Waals surface area contributed by atoms with Crippen LogP contribution in [0.25, 0.3) is 5.57 Å². The molecule has 258 valence electrons. The maximum Gasteiger partial charge on any atom is 0.335 e. The Morgan fingerprint density at radius 2 is 1.69 bits per heavy atom. The van der Waals surface area contributed by atoms with Crippen molar-refractivity contribution in [3.63, 3.8) is 0 Å². The summed E-state index contributed by atoms with van der Waals surface area (Å²) in [6.07, 6.45) is 15.6. The third-order valence-corrected chi connectivity index (χ3v) is 15.6. The molecule has 1 aromatic carbocycles. The Morgan fingerprint density at radius 3 is 2.38 bits per heavy atom. The first kappa shape index (κ1) is 33.5. The van der Waals surface area contributed by atoms with Crippen molar-refractivity contribution in [2.24, 2.45) is 51.2 Å². The number of fused-ring (bicyclic) bond motifs is 7. The molecule has 5 aliphatic carbocycles. The minimum absolute atomic E-state index is 0.0261. The van der Waals surface area contributed by atoms with Gasteiger partial charge in [-0.25, -0.2) is 4.79 Å². The predicted octanol–water partition coefficient (Wildman–Crippen LogP) is 9.28. The van der Waals surface area contributed by atoms with Gasteiger partial charge in [0.15, 0.2) is 0 Å². The van der Waals surface area contributed by atoms with Crippen molar-refractivity contribution < 1.29 is 9.90 Å². The van der Waals surface area contributed by atoms with Crippen LogP contribution in [0.4, 0.5) is 5.82 Å². The van der Waals surface area contributed by atoms with Crippen LogP contribution < -0.4 is 10.6 Å². The second-order valence-corrected chi connectivity index (χ2v) is 17.7. The Bertz CT molecular complexity index is 1580. The van der Waals surface area contributed by atoms with Crippen molar-refractivity contribution in [1.29, 1.82) is 0 Å². The normalized spacial score (nSPS) is 39.6. The van der Waals surface area contributed by atoms with E-state index in [2.05, 4.69) is 75.0 Å². The molecule has 2 aromatic rings. The number of carboxylic acid groups (broad SMARTS) is 1. The fraction of sp³-hybridized carbons (Fsp3) is 0.643. The minimum Gasteiger partial charge on any atom is -0.478 e. The molecule has 6 heteroatoms. The number of aromatic nitrogens is 2. The van der Waals surface area contributed by atoms with Gasteiger partial charge < -0.3 is 15.7 Å². The fourth-order valence-electron chi connectivity index (χ4n) is 13.2. The van der Waals surface area contributed by atoms with Crippen molar-refractivity contribution in [2.45, 2.75) is 105 Å². The molecular formula is C42H58N4O2. The molecule has 6 nitrogen and oxygen atoms in total. The van der Waals surface area contributed by atoms with E-state index in [-0.39, 0.29) is 16.4 Å². The van der Waals surface area contributed by atoms with Gasteiger partial charge in [0.1, 0.15) is 5.82 Å². The van der Waals surface area contributed by atoms with Gasteiger partial charge in [-0.2, -0.15) is 5.10 Å².